The molecule has 1 saturated carbocycles. The third kappa shape index (κ3) is 1.85. The standard InChI is InChI=1S/C13H13N3S.ClH/c1-2-4-8(5-3-1)12-15-16-13(17-12)11-9-6-14-7-10(9)11;/h1-5,9-11,14H,6-7H2;1H. The minimum Gasteiger partial charge on any atom is -0.316 e. The van der Waals surface area contributed by atoms with E-state index in [9.17, 15) is 0 Å². The number of nitrogens with one attached hydrogen (secondary N) is 1. The van der Waals surface area contributed by atoms with Crippen LogP contribution in [0.2, 0.25) is 0 Å². The Morgan fingerprint density at radius 1 is 1.06 bits per heavy atom. The highest BCUT2D eigenvalue weighted by molar-refractivity contribution is 7.14. The van der Waals surface area contributed by atoms with Gasteiger partial charge in [0.2, 0.25) is 0 Å². The summed E-state index contributed by atoms with van der Waals surface area (Å²) < 4.78 is 0. The van der Waals surface area contributed by atoms with Crippen LogP contribution in [0.1, 0.15) is 10.9 Å². The highest BCUT2D eigenvalue weighted by Crippen LogP contribution is 2.56. The van der Waals surface area contributed by atoms with Crippen LogP contribution in [0.3, 0.4) is 0 Å². The zero-order valence-corrected chi connectivity index (χ0v) is 11.4. The van der Waals surface area contributed by atoms with Crippen molar-refractivity contribution in [3.63, 3.8) is 0 Å². The third-order valence-electron chi connectivity index (χ3n) is 3.84. The molecule has 1 N–H and O–H groups in total. The molecular formula is C13H14ClN3S. The molecule has 1 aliphatic carbocycles. The lowest BCUT2D eigenvalue weighted by Gasteiger charge is -1.98. The molecule has 0 spiro atoms. The van der Waals surface area contributed by atoms with E-state index in [0.29, 0.717) is 5.92 Å². The van der Waals surface area contributed by atoms with E-state index < -0.39 is 0 Å². The molecule has 0 radical (unpaired) electrons. The van der Waals surface area contributed by atoms with E-state index in [4.69, 9.17) is 0 Å². The van der Waals surface area contributed by atoms with Crippen molar-refractivity contribution in [3.05, 3.63) is 35.3 Å². The Balaban J connectivity index is 0.000001000. The average Bonchev–Trinajstić information content (AvgIpc) is 2.81. The van der Waals surface area contributed by atoms with Crippen LogP contribution in [0.5, 0.6) is 0 Å². The van der Waals surface area contributed by atoms with Crippen molar-refractivity contribution in [3.8, 4) is 10.6 Å². The molecular weight excluding hydrogens is 266 g/mol. The van der Waals surface area contributed by atoms with Gasteiger partial charge in [0.15, 0.2) is 0 Å². The number of benzene rings is 1. The lowest BCUT2D eigenvalue weighted by atomic mass is 10.2. The Bertz CT molecular complexity index is 532. The Morgan fingerprint density at radius 3 is 2.50 bits per heavy atom. The largest absolute Gasteiger partial charge is 0.316 e. The van der Waals surface area contributed by atoms with Gasteiger partial charge in [0.05, 0.1) is 0 Å². The first-order valence-electron chi connectivity index (χ1n) is 6.03. The van der Waals surface area contributed by atoms with E-state index in [2.05, 4.69) is 27.6 Å². The van der Waals surface area contributed by atoms with Gasteiger partial charge < -0.3 is 5.32 Å². The molecule has 1 saturated heterocycles. The molecule has 1 aromatic carbocycles. The van der Waals surface area contributed by atoms with Crippen LogP contribution in [0.15, 0.2) is 30.3 Å². The molecule has 1 aromatic heterocycles. The smallest absolute Gasteiger partial charge is 0.147 e. The fourth-order valence-electron chi connectivity index (χ4n) is 2.85. The van der Waals surface area contributed by atoms with E-state index in [0.717, 1.165) is 29.9 Å². The van der Waals surface area contributed by atoms with Crippen LogP contribution in [-0.2, 0) is 0 Å². The van der Waals surface area contributed by atoms with Gasteiger partial charge in [-0.2, -0.15) is 0 Å². The van der Waals surface area contributed by atoms with Gasteiger partial charge in [-0.25, -0.2) is 0 Å². The number of hydrogen-bond donors (Lipinski definition) is 1. The second-order valence-corrected chi connectivity index (χ2v) is 5.83. The molecule has 2 atom stereocenters. The number of fused-ring (bicyclic) bond motifs is 1. The van der Waals surface area contributed by atoms with Crippen molar-refractivity contribution in [2.45, 2.75) is 5.92 Å². The van der Waals surface area contributed by atoms with Crippen LogP contribution in [0.25, 0.3) is 10.6 Å². The van der Waals surface area contributed by atoms with Crippen LogP contribution in [-0.4, -0.2) is 23.3 Å². The van der Waals surface area contributed by atoms with Crippen LogP contribution < -0.4 is 5.32 Å². The second kappa shape index (κ2) is 4.61. The van der Waals surface area contributed by atoms with Gasteiger partial charge in [-0.05, 0) is 24.9 Å². The first kappa shape index (κ1) is 12.1. The molecule has 0 amide bonds. The zero-order valence-electron chi connectivity index (χ0n) is 9.74. The normalized spacial score (nSPS) is 28.6. The van der Waals surface area contributed by atoms with Gasteiger partial charge in [-0.3, -0.25) is 0 Å². The number of nitrogens with zero attached hydrogens (tertiary/aromatic N) is 2. The quantitative estimate of drug-likeness (QED) is 0.918. The van der Waals surface area contributed by atoms with Crippen molar-refractivity contribution < 1.29 is 0 Å². The van der Waals surface area contributed by atoms with Crippen LogP contribution >= 0.6 is 23.7 Å². The Morgan fingerprint density at radius 2 is 1.78 bits per heavy atom. The summed E-state index contributed by atoms with van der Waals surface area (Å²) in [5.74, 6) is 2.34. The molecule has 2 unspecified atom stereocenters. The van der Waals surface area contributed by atoms with E-state index in [1.165, 1.54) is 10.6 Å². The summed E-state index contributed by atoms with van der Waals surface area (Å²) >= 11 is 1.76. The number of piperidine rings is 1. The molecule has 18 heavy (non-hydrogen) atoms. The maximum atomic E-state index is 4.38. The first-order valence-corrected chi connectivity index (χ1v) is 6.84. The predicted octanol–water partition coefficient (Wildman–Crippen LogP) is 2.56. The summed E-state index contributed by atoms with van der Waals surface area (Å²) in [5.41, 5.74) is 1.18. The SMILES string of the molecule is Cl.c1ccc(-c2nnc(C3C4CNCC43)s2)cc1. The zero-order chi connectivity index (χ0) is 11.2. The summed E-state index contributed by atoms with van der Waals surface area (Å²) in [6.07, 6.45) is 0. The fraction of sp³-hybridized carbons (Fsp3) is 0.385. The van der Waals surface area contributed by atoms with Gasteiger partial charge in [-0.1, -0.05) is 41.7 Å². The van der Waals surface area contributed by atoms with Crippen LogP contribution in [0, 0.1) is 11.8 Å². The predicted molar refractivity (Wildman–Crippen MR) is 75.2 cm³/mol. The molecule has 94 valence electrons. The summed E-state index contributed by atoms with van der Waals surface area (Å²) in [4.78, 5) is 0. The van der Waals surface area contributed by atoms with Gasteiger partial charge >= 0.3 is 0 Å². The topological polar surface area (TPSA) is 37.8 Å². The molecule has 2 fully saturated rings. The maximum absolute atomic E-state index is 4.38. The van der Waals surface area contributed by atoms with E-state index in [-0.39, 0.29) is 12.4 Å². The number of rotatable bonds is 2. The van der Waals surface area contributed by atoms with Gasteiger partial charge in [-0.15, -0.1) is 22.6 Å². The first-order chi connectivity index (χ1) is 8.43. The summed E-state index contributed by atoms with van der Waals surface area (Å²) in [5, 5.41) is 14.4. The Labute approximate surface area is 116 Å². The molecule has 2 aliphatic rings. The maximum Gasteiger partial charge on any atom is 0.147 e. The van der Waals surface area contributed by atoms with Crippen LogP contribution in [0.4, 0.5) is 0 Å². The van der Waals surface area contributed by atoms with Crippen molar-refractivity contribution in [1.29, 1.82) is 0 Å². The van der Waals surface area contributed by atoms with Crippen molar-refractivity contribution in [2.75, 3.05) is 13.1 Å². The lowest BCUT2D eigenvalue weighted by molar-refractivity contribution is 0.678. The van der Waals surface area contributed by atoms with Crippen molar-refractivity contribution in [2.24, 2.45) is 11.8 Å². The van der Waals surface area contributed by atoms with Gasteiger partial charge in [0, 0.05) is 11.5 Å². The molecule has 0 bridgehead atoms. The fourth-order valence-corrected chi connectivity index (χ4v) is 3.95. The summed E-state index contributed by atoms with van der Waals surface area (Å²) in [6.45, 7) is 2.32. The molecule has 2 aromatic rings. The summed E-state index contributed by atoms with van der Waals surface area (Å²) in [6, 6.07) is 10.3. The molecule has 2 heterocycles. The highest BCUT2D eigenvalue weighted by atomic mass is 35.5. The highest BCUT2D eigenvalue weighted by Gasteiger charge is 2.55. The average molecular weight is 280 g/mol. The minimum absolute atomic E-state index is 0. The van der Waals surface area contributed by atoms with Crippen molar-refractivity contribution in [1.82, 2.24) is 15.5 Å². The van der Waals surface area contributed by atoms with Gasteiger partial charge in [0.1, 0.15) is 10.0 Å². The molecule has 3 nitrogen and oxygen atoms in total. The molecule has 5 heteroatoms. The lowest BCUT2D eigenvalue weighted by Crippen LogP contribution is -2.13. The number of hydrogen-bond acceptors (Lipinski definition) is 4. The minimum atomic E-state index is 0. The number of halogens is 1. The number of aromatic nitrogens is 2. The Hall–Kier alpha value is -0.970. The molecule has 4 rings (SSSR count). The summed E-state index contributed by atoms with van der Waals surface area (Å²) in [7, 11) is 0. The second-order valence-electron chi connectivity index (χ2n) is 4.82. The monoisotopic (exact) mass is 279 g/mol. The van der Waals surface area contributed by atoms with E-state index in [1.807, 2.05) is 18.2 Å². The van der Waals surface area contributed by atoms with E-state index >= 15 is 0 Å². The van der Waals surface area contributed by atoms with E-state index in [1.54, 1.807) is 11.3 Å². The van der Waals surface area contributed by atoms with Gasteiger partial charge in [0.25, 0.3) is 0 Å². The van der Waals surface area contributed by atoms with Crippen molar-refractivity contribution >= 4 is 23.7 Å². The third-order valence-corrected chi connectivity index (χ3v) is 4.91. The molecule has 1 aliphatic heterocycles. The Kier molecular flexibility index (Phi) is 3.09.